The summed E-state index contributed by atoms with van der Waals surface area (Å²) in [5.41, 5.74) is 5.10. The lowest BCUT2D eigenvalue weighted by molar-refractivity contribution is -0.135. The largest absolute Gasteiger partial charge is 0.368 e. The average Bonchev–Trinajstić information content (AvgIpc) is 2.95. The first kappa shape index (κ1) is 21.9. The Labute approximate surface area is 168 Å². The fourth-order valence-electron chi connectivity index (χ4n) is 2.99. The number of nitrogens with two attached hydrogens (primary N) is 1. The Bertz CT molecular complexity index is 817. The van der Waals surface area contributed by atoms with Crippen LogP contribution < -0.4 is 21.7 Å². The molecule has 1 saturated heterocycles. The van der Waals surface area contributed by atoms with E-state index in [9.17, 15) is 24.0 Å². The predicted octanol–water partition coefficient (Wildman–Crippen LogP) is -0.371. The molecule has 0 radical (unpaired) electrons. The average molecular weight is 403 g/mol. The Morgan fingerprint density at radius 3 is 2.21 bits per heavy atom. The Kier molecular flexibility index (Phi) is 6.92. The number of urea groups is 1. The molecule has 29 heavy (non-hydrogen) atoms. The summed E-state index contributed by atoms with van der Waals surface area (Å²) >= 11 is 0. The molecule has 1 aromatic rings. The molecule has 1 aliphatic rings. The van der Waals surface area contributed by atoms with Crippen LogP contribution in [0.25, 0.3) is 0 Å². The summed E-state index contributed by atoms with van der Waals surface area (Å²) in [4.78, 5) is 60.2. The van der Waals surface area contributed by atoms with Crippen molar-refractivity contribution in [1.82, 2.24) is 20.9 Å². The van der Waals surface area contributed by atoms with E-state index in [1.807, 2.05) is 13.8 Å². The van der Waals surface area contributed by atoms with Gasteiger partial charge in [-0.2, -0.15) is 0 Å². The Balaban J connectivity index is 1.88. The second-order valence-corrected chi connectivity index (χ2v) is 6.73. The van der Waals surface area contributed by atoms with Crippen molar-refractivity contribution in [3.8, 4) is 0 Å². The molecule has 0 atom stereocenters. The van der Waals surface area contributed by atoms with E-state index in [-0.39, 0.29) is 19.6 Å². The lowest BCUT2D eigenvalue weighted by Crippen LogP contribution is -2.46. The van der Waals surface area contributed by atoms with E-state index >= 15 is 0 Å². The van der Waals surface area contributed by atoms with Crippen LogP contribution in [-0.4, -0.2) is 53.2 Å². The summed E-state index contributed by atoms with van der Waals surface area (Å²) in [6.45, 7) is 3.17. The molecule has 0 aromatic heterocycles. The van der Waals surface area contributed by atoms with Crippen molar-refractivity contribution in [2.45, 2.75) is 38.8 Å². The minimum Gasteiger partial charge on any atom is -0.368 e. The van der Waals surface area contributed by atoms with Crippen molar-refractivity contribution in [3.05, 3.63) is 35.4 Å². The molecule has 10 nitrogen and oxygen atoms in total. The number of benzene rings is 1. The molecule has 156 valence electrons. The summed E-state index contributed by atoms with van der Waals surface area (Å²) in [6.07, 6.45) is 0.900. The highest BCUT2D eigenvalue weighted by molar-refractivity contribution is 6.09. The number of carbonyl (C=O) groups is 5. The normalized spacial score (nSPS) is 15.0. The third-order valence-electron chi connectivity index (χ3n) is 4.88. The summed E-state index contributed by atoms with van der Waals surface area (Å²) in [6, 6.07) is 5.82. The molecule has 10 heteroatoms. The quantitative estimate of drug-likeness (QED) is 0.415. The maximum atomic E-state index is 12.5. The van der Waals surface area contributed by atoms with Crippen LogP contribution >= 0.6 is 0 Å². The van der Waals surface area contributed by atoms with Gasteiger partial charge in [-0.05, 0) is 30.5 Å². The second-order valence-electron chi connectivity index (χ2n) is 6.73. The maximum Gasteiger partial charge on any atom is 0.325 e. The number of nitrogens with zero attached hydrogens (tertiary/aromatic N) is 1. The third-order valence-corrected chi connectivity index (χ3v) is 4.88. The van der Waals surface area contributed by atoms with Gasteiger partial charge in [0.1, 0.15) is 12.1 Å². The van der Waals surface area contributed by atoms with Crippen LogP contribution in [0.5, 0.6) is 0 Å². The van der Waals surface area contributed by atoms with Gasteiger partial charge >= 0.3 is 6.03 Å². The van der Waals surface area contributed by atoms with Crippen LogP contribution in [0.2, 0.25) is 0 Å². The van der Waals surface area contributed by atoms with Gasteiger partial charge in [0, 0.05) is 12.1 Å². The monoisotopic (exact) mass is 403 g/mol. The van der Waals surface area contributed by atoms with Crippen molar-refractivity contribution in [2.75, 3.05) is 13.1 Å². The summed E-state index contributed by atoms with van der Waals surface area (Å²) in [5.74, 6) is -1.94. The molecule has 1 fully saturated rings. The number of primary amides is 1. The standard InChI is InChI=1S/C19H25N5O5/c1-3-19(4-2)17(28)24(18(29)23-19)11-15(26)21-9-12-5-7-13(8-6-12)16(27)22-10-14(20)25/h5-8H,3-4,9-11H2,1-2H3,(H2,20,25)(H,21,26)(H,22,27)(H,23,29). The molecule has 1 aromatic carbocycles. The highest BCUT2D eigenvalue weighted by Crippen LogP contribution is 2.24. The van der Waals surface area contributed by atoms with E-state index in [0.29, 0.717) is 18.4 Å². The van der Waals surface area contributed by atoms with Crippen LogP contribution in [0.4, 0.5) is 4.79 Å². The summed E-state index contributed by atoms with van der Waals surface area (Å²) in [7, 11) is 0. The number of imide groups is 1. The number of rotatable bonds is 9. The van der Waals surface area contributed by atoms with Crippen molar-refractivity contribution < 1.29 is 24.0 Å². The van der Waals surface area contributed by atoms with Gasteiger partial charge in [0.2, 0.25) is 11.8 Å². The number of nitrogens with one attached hydrogen (secondary N) is 3. The number of hydrogen-bond donors (Lipinski definition) is 4. The topological polar surface area (TPSA) is 151 Å². The molecular formula is C19H25N5O5. The van der Waals surface area contributed by atoms with E-state index in [0.717, 1.165) is 10.5 Å². The van der Waals surface area contributed by atoms with E-state index in [2.05, 4.69) is 16.0 Å². The van der Waals surface area contributed by atoms with Gasteiger partial charge in [0.15, 0.2) is 0 Å². The van der Waals surface area contributed by atoms with Crippen molar-refractivity contribution in [1.29, 1.82) is 0 Å². The Morgan fingerprint density at radius 1 is 1.07 bits per heavy atom. The van der Waals surface area contributed by atoms with Crippen LogP contribution in [0, 0.1) is 0 Å². The Morgan fingerprint density at radius 2 is 1.69 bits per heavy atom. The SMILES string of the molecule is CCC1(CC)NC(=O)N(CC(=O)NCc2ccc(C(=O)NCC(N)=O)cc2)C1=O. The number of hydrogen-bond acceptors (Lipinski definition) is 5. The first-order valence-electron chi connectivity index (χ1n) is 9.28. The molecule has 6 amide bonds. The van der Waals surface area contributed by atoms with E-state index in [1.54, 1.807) is 24.3 Å². The molecule has 0 aliphatic carbocycles. The predicted molar refractivity (Wildman–Crippen MR) is 103 cm³/mol. The lowest BCUT2D eigenvalue weighted by Gasteiger charge is -2.23. The molecule has 0 saturated carbocycles. The maximum absolute atomic E-state index is 12.5. The van der Waals surface area contributed by atoms with E-state index in [1.165, 1.54) is 0 Å². The molecule has 0 unspecified atom stereocenters. The Hall–Kier alpha value is -3.43. The van der Waals surface area contributed by atoms with Crippen molar-refractivity contribution >= 4 is 29.7 Å². The van der Waals surface area contributed by atoms with Gasteiger partial charge < -0.3 is 21.7 Å². The van der Waals surface area contributed by atoms with Gasteiger partial charge in [0.05, 0.1) is 6.54 Å². The van der Waals surface area contributed by atoms with Crippen LogP contribution in [0.1, 0.15) is 42.6 Å². The summed E-state index contributed by atoms with van der Waals surface area (Å²) < 4.78 is 0. The van der Waals surface area contributed by atoms with Crippen molar-refractivity contribution in [3.63, 3.8) is 0 Å². The summed E-state index contributed by atoms with van der Waals surface area (Å²) in [5, 5.41) is 7.69. The third kappa shape index (κ3) is 5.09. The molecule has 0 spiro atoms. The van der Waals surface area contributed by atoms with Crippen LogP contribution in [0.15, 0.2) is 24.3 Å². The van der Waals surface area contributed by atoms with Crippen LogP contribution in [0.3, 0.4) is 0 Å². The van der Waals surface area contributed by atoms with Gasteiger partial charge in [-0.15, -0.1) is 0 Å². The van der Waals surface area contributed by atoms with Gasteiger partial charge in [-0.1, -0.05) is 26.0 Å². The smallest absolute Gasteiger partial charge is 0.325 e. The minimum atomic E-state index is -0.942. The highest BCUT2D eigenvalue weighted by Gasteiger charge is 2.49. The zero-order valence-corrected chi connectivity index (χ0v) is 16.4. The molecular weight excluding hydrogens is 378 g/mol. The van der Waals surface area contributed by atoms with Gasteiger partial charge in [-0.3, -0.25) is 24.1 Å². The van der Waals surface area contributed by atoms with E-state index in [4.69, 9.17) is 5.73 Å². The zero-order valence-electron chi connectivity index (χ0n) is 16.4. The van der Waals surface area contributed by atoms with Gasteiger partial charge in [0.25, 0.3) is 11.8 Å². The molecule has 5 N–H and O–H groups in total. The molecule has 1 heterocycles. The van der Waals surface area contributed by atoms with Gasteiger partial charge in [-0.25, -0.2) is 4.79 Å². The van der Waals surface area contributed by atoms with E-state index < -0.39 is 35.2 Å². The fourth-order valence-corrected chi connectivity index (χ4v) is 2.99. The number of amides is 6. The highest BCUT2D eigenvalue weighted by atomic mass is 16.2. The molecule has 2 rings (SSSR count). The first-order valence-corrected chi connectivity index (χ1v) is 9.28. The second kappa shape index (κ2) is 9.18. The minimum absolute atomic E-state index is 0.165. The molecule has 0 bridgehead atoms. The number of carbonyl (C=O) groups excluding carboxylic acids is 5. The fraction of sp³-hybridized carbons (Fsp3) is 0.421. The molecule has 1 aliphatic heterocycles. The first-order chi connectivity index (χ1) is 13.7. The lowest BCUT2D eigenvalue weighted by atomic mass is 9.93. The zero-order chi connectivity index (χ0) is 21.6. The van der Waals surface area contributed by atoms with Crippen molar-refractivity contribution in [2.24, 2.45) is 5.73 Å². The van der Waals surface area contributed by atoms with Crippen LogP contribution in [-0.2, 0) is 20.9 Å².